The lowest BCUT2D eigenvalue weighted by molar-refractivity contribution is -0.131. The third-order valence-corrected chi connectivity index (χ3v) is 4.47. The van der Waals surface area contributed by atoms with Crippen LogP contribution in [0.15, 0.2) is 17.5 Å². The molecule has 112 valence electrons. The first-order valence-electron chi connectivity index (χ1n) is 7.29. The molecule has 0 saturated heterocycles. The molecule has 1 aromatic rings. The molecule has 1 aromatic heterocycles. The normalized spacial score (nSPS) is 13.2. The van der Waals surface area contributed by atoms with Crippen LogP contribution < -0.4 is 0 Å². The van der Waals surface area contributed by atoms with Crippen molar-refractivity contribution in [3.05, 3.63) is 28.0 Å². The van der Waals surface area contributed by atoms with Crippen LogP contribution in [-0.4, -0.2) is 28.6 Å². The number of carbonyl (C=O) groups is 1. The summed E-state index contributed by atoms with van der Waals surface area (Å²) in [5, 5.41) is 10.8. The molecule has 1 unspecified atom stereocenters. The number of hydrogen-bond acceptors (Lipinski definition) is 3. The van der Waals surface area contributed by atoms with Gasteiger partial charge in [0, 0.05) is 23.5 Å². The van der Waals surface area contributed by atoms with Gasteiger partial charge in [0.1, 0.15) is 0 Å². The van der Waals surface area contributed by atoms with Crippen LogP contribution in [0.4, 0.5) is 0 Å². The quantitative estimate of drug-likeness (QED) is 0.692. The number of hydrogen-bond donors (Lipinski definition) is 1. The maximum absolute atomic E-state index is 10.6. The third kappa shape index (κ3) is 5.47. The number of rotatable bonds is 9. The van der Waals surface area contributed by atoms with Gasteiger partial charge in [-0.05, 0) is 49.4 Å². The van der Waals surface area contributed by atoms with Crippen molar-refractivity contribution in [1.82, 2.24) is 4.90 Å². The predicted molar refractivity (Wildman–Crippen MR) is 86.1 cm³/mol. The number of thiophene rings is 1. The SMILES string of the molecule is CCCCN(Cc1sccc1C=CC(=O)O)C(C)CC. The van der Waals surface area contributed by atoms with E-state index in [0.717, 1.165) is 25.1 Å². The third-order valence-electron chi connectivity index (χ3n) is 3.55. The summed E-state index contributed by atoms with van der Waals surface area (Å²) >= 11 is 1.71. The Morgan fingerprint density at radius 3 is 2.85 bits per heavy atom. The minimum atomic E-state index is -0.896. The first-order chi connectivity index (χ1) is 9.58. The molecule has 1 heterocycles. The highest BCUT2D eigenvalue weighted by atomic mass is 32.1. The number of unbranched alkanes of at least 4 members (excludes halogenated alkanes) is 1. The molecule has 0 bridgehead atoms. The van der Waals surface area contributed by atoms with Crippen LogP contribution >= 0.6 is 11.3 Å². The molecular formula is C16H25NO2S. The monoisotopic (exact) mass is 295 g/mol. The van der Waals surface area contributed by atoms with Crippen LogP contribution in [-0.2, 0) is 11.3 Å². The molecule has 0 saturated carbocycles. The maximum atomic E-state index is 10.6. The van der Waals surface area contributed by atoms with Crippen molar-refractivity contribution in [2.24, 2.45) is 0 Å². The van der Waals surface area contributed by atoms with E-state index < -0.39 is 5.97 Å². The van der Waals surface area contributed by atoms with Gasteiger partial charge in [-0.25, -0.2) is 4.79 Å². The second-order valence-corrected chi connectivity index (χ2v) is 6.05. The topological polar surface area (TPSA) is 40.5 Å². The Kier molecular flexibility index (Phi) is 7.55. The fourth-order valence-electron chi connectivity index (χ4n) is 2.05. The van der Waals surface area contributed by atoms with Gasteiger partial charge in [-0.3, -0.25) is 4.90 Å². The molecule has 0 aromatic carbocycles. The average molecular weight is 295 g/mol. The lowest BCUT2D eigenvalue weighted by Crippen LogP contribution is -2.32. The van der Waals surface area contributed by atoms with Crippen LogP contribution in [0.1, 0.15) is 50.5 Å². The van der Waals surface area contributed by atoms with Crippen molar-refractivity contribution in [3.63, 3.8) is 0 Å². The zero-order valence-electron chi connectivity index (χ0n) is 12.6. The molecule has 0 spiro atoms. The number of carboxylic acids is 1. The highest BCUT2D eigenvalue weighted by Gasteiger charge is 2.14. The van der Waals surface area contributed by atoms with Crippen molar-refractivity contribution in [2.45, 2.75) is 52.6 Å². The van der Waals surface area contributed by atoms with E-state index in [-0.39, 0.29) is 0 Å². The minimum absolute atomic E-state index is 0.556. The molecule has 20 heavy (non-hydrogen) atoms. The Labute approximate surface area is 125 Å². The van der Waals surface area contributed by atoms with E-state index in [2.05, 4.69) is 25.7 Å². The summed E-state index contributed by atoms with van der Waals surface area (Å²) in [6, 6.07) is 2.55. The highest BCUT2D eigenvalue weighted by molar-refractivity contribution is 7.10. The van der Waals surface area contributed by atoms with E-state index in [4.69, 9.17) is 5.11 Å². The van der Waals surface area contributed by atoms with E-state index in [1.165, 1.54) is 23.8 Å². The molecule has 0 amide bonds. The summed E-state index contributed by atoms with van der Waals surface area (Å²) < 4.78 is 0. The molecule has 0 aliphatic heterocycles. The van der Waals surface area contributed by atoms with Gasteiger partial charge < -0.3 is 5.11 Å². The van der Waals surface area contributed by atoms with Gasteiger partial charge in [0.15, 0.2) is 0 Å². The van der Waals surface area contributed by atoms with Gasteiger partial charge in [0.25, 0.3) is 0 Å². The minimum Gasteiger partial charge on any atom is -0.478 e. The Hall–Kier alpha value is -1.13. The van der Waals surface area contributed by atoms with Crippen LogP contribution in [0.2, 0.25) is 0 Å². The van der Waals surface area contributed by atoms with Gasteiger partial charge >= 0.3 is 5.97 Å². The average Bonchev–Trinajstić information content (AvgIpc) is 2.87. The fraction of sp³-hybridized carbons (Fsp3) is 0.562. The van der Waals surface area contributed by atoms with Crippen LogP contribution in [0.25, 0.3) is 6.08 Å². The van der Waals surface area contributed by atoms with E-state index in [1.54, 1.807) is 17.4 Å². The smallest absolute Gasteiger partial charge is 0.328 e. The van der Waals surface area contributed by atoms with Gasteiger partial charge in [-0.1, -0.05) is 20.3 Å². The second kappa shape index (κ2) is 8.93. The van der Waals surface area contributed by atoms with E-state index in [0.29, 0.717) is 6.04 Å². The van der Waals surface area contributed by atoms with E-state index >= 15 is 0 Å². The van der Waals surface area contributed by atoms with Crippen molar-refractivity contribution in [1.29, 1.82) is 0 Å². The summed E-state index contributed by atoms with van der Waals surface area (Å²) in [5.74, 6) is -0.896. The summed E-state index contributed by atoms with van der Waals surface area (Å²) in [5.41, 5.74) is 1.03. The lowest BCUT2D eigenvalue weighted by atomic mass is 10.1. The summed E-state index contributed by atoms with van der Waals surface area (Å²) in [7, 11) is 0. The van der Waals surface area contributed by atoms with Gasteiger partial charge in [-0.15, -0.1) is 11.3 Å². The first kappa shape index (κ1) is 16.9. The fourth-order valence-corrected chi connectivity index (χ4v) is 2.94. The molecule has 0 aliphatic rings. The molecule has 0 radical (unpaired) electrons. The Morgan fingerprint density at radius 1 is 1.50 bits per heavy atom. The summed E-state index contributed by atoms with van der Waals surface area (Å²) in [4.78, 5) is 14.4. The molecule has 4 heteroatoms. The predicted octanol–water partition coefficient (Wildman–Crippen LogP) is 4.25. The van der Waals surface area contributed by atoms with Crippen LogP contribution in [0.3, 0.4) is 0 Å². The largest absolute Gasteiger partial charge is 0.478 e. The highest BCUT2D eigenvalue weighted by Crippen LogP contribution is 2.22. The second-order valence-electron chi connectivity index (χ2n) is 5.05. The standard InChI is InChI=1S/C16H25NO2S/c1-4-6-10-17(13(3)5-2)12-15-14(9-11-20-15)7-8-16(18)19/h7-9,11,13H,4-6,10,12H2,1-3H3,(H,18,19). The van der Waals surface area contributed by atoms with E-state index in [9.17, 15) is 4.79 Å². The van der Waals surface area contributed by atoms with Gasteiger partial charge in [-0.2, -0.15) is 0 Å². The molecule has 1 N–H and O–H groups in total. The van der Waals surface area contributed by atoms with Gasteiger partial charge in [0.05, 0.1) is 0 Å². The number of carboxylic acid groups (broad SMARTS) is 1. The van der Waals surface area contributed by atoms with Crippen molar-refractivity contribution >= 4 is 23.4 Å². The van der Waals surface area contributed by atoms with E-state index in [1.807, 2.05) is 11.4 Å². The Bertz CT molecular complexity index is 439. The molecule has 0 fully saturated rings. The number of nitrogens with zero attached hydrogens (tertiary/aromatic N) is 1. The first-order valence-corrected chi connectivity index (χ1v) is 8.17. The van der Waals surface area contributed by atoms with Gasteiger partial charge in [0.2, 0.25) is 0 Å². The van der Waals surface area contributed by atoms with Crippen molar-refractivity contribution in [3.8, 4) is 0 Å². The molecule has 0 aliphatic carbocycles. The molecule has 1 rings (SSSR count). The Balaban J connectivity index is 2.77. The molecular weight excluding hydrogens is 270 g/mol. The van der Waals surface area contributed by atoms with Crippen molar-refractivity contribution < 1.29 is 9.90 Å². The molecule has 1 atom stereocenters. The summed E-state index contributed by atoms with van der Waals surface area (Å²) in [6.45, 7) is 8.69. The van der Waals surface area contributed by atoms with Crippen LogP contribution in [0.5, 0.6) is 0 Å². The Morgan fingerprint density at radius 2 is 2.25 bits per heavy atom. The lowest BCUT2D eigenvalue weighted by Gasteiger charge is -2.28. The summed E-state index contributed by atoms with van der Waals surface area (Å²) in [6.07, 6.45) is 6.45. The zero-order valence-corrected chi connectivity index (χ0v) is 13.4. The van der Waals surface area contributed by atoms with Crippen molar-refractivity contribution in [2.75, 3.05) is 6.54 Å². The van der Waals surface area contributed by atoms with Crippen LogP contribution in [0, 0.1) is 0 Å². The molecule has 3 nitrogen and oxygen atoms in total. The maximum Gasteiger partial charge on any atom is 0.328 e. The zero-order chi connectivity index (χ0) is 15.0. The number of aliphatic carboxylic acids is 1.